The summed E-state index contributed by atoms with van der Waals surface area (Å²) in [5, 5.41) is 5.96. The van der Waals surface area contributed by atoms with Crippen molar-refractivity contribution in [2.75, 3.05) is 25.5 Å². The Morgan fingerprint density at radius 3 is 2.81 bits per heavy atom. The molecule has 21 heavy (non-hydrogen) atoms. The van der Waals surface area contributed by atoms with Gasteiger partial charge in [-0.2, -0.15) is 4.37 Å². The maximum atomic E-state index is 12.2. The van der Waals surface area contributed by atoms with Crippen molar-refractivity contribution >= 4 is 34.4 Å². The number of carbonyl (C=O) groups excluding carboxylic acids is 3. The summed E-state index contributed by atoms with van der Waals surface area (Å²) in [4.78, 5) is 36.7. The molecule has 0 spiro atoms. The third-order valence-corrected chi connectivity index (χ3v) is 4.00. The summed E-state index contributed by atoms with van der Waals surface area (Å²) >= 11 is 1.14. The predicted octanol–water partition coefficient (Wildman–Crippen LogP) is 0.590. The topological polar surface area (TPSA) is 101 Å². The molecule has 1 aliphatic heterocycles. The van der Waals surface area contributed by atoms with Crippen molar-refractivity contribution in [2.24, 2.45) is 0 Å². The molecular formula is C12H16N4O4S. The van der Waals surface area contributed by atoms with Crippen LogP contribution >= 0.6 is 11.5 Å². The van der Waals surface area contributed by atoms with E-state index in [0.717, 1.165) is 16.4 Å². The van der Waals surface area contributed by atoms with Crippen LogP contribution in [0.5, 0.6) is 0 Å². The van der Waals surface area contributed by atoms with Crippen LogP contribution in [-0.4, -0.2) is 53.4 Å². The molecule has 2 N–H and O–H groups in total. The highest BCUT2D eigenvalue weighted by atomic mass is 32.1. The van der Waals surface area contributed by atoms with E-state index in [2.05, 4.69) is 15.0 Å². The number of aryl methyl sites for hydroxylation is 1. The van der Waals surface area contributed by atoms with Crippen molar-refractivity contribution in [3.63, 3.8) is 0 Å². The number of ether oxygens (including phenoxy) is 1. The van der Waals surface area contributed by atoms with Crippen LogP contribution in [0.25, 0.3) is 0 Å². The average molecular weight is 312 g/mol. The lowest BCUT2D eigenvalue weighted by molar-refractivity contribution is -0.136. The van der Waals surface area contributed by atoms with Crippen molar-refractivity contribution in [1.82, 2.24) is 14.6 Å². The predicted molar refractivity (Wildman–Crippen MR) is 76.4 cm³/mol. The van der Waals surface area contributed by atoms with Gasteiger partial charge in [0.05, 0.1) is 5.69 Å². The van der Waals surface area contributed by atoms with Gasteiger partial charge in [-0.05, 0) is 25.4 Å². The van der Waals surface area contributed by atoms with Gasteiger partial charge in [0.1, 0.15) is 10.6 Å². The van der Waals surface area contributed by atoms with Crippen molar-refractivity contribution in [3.8, 4) is 0 Å². The first kappa shape index (κ1) is 15.2. The molecule has 1 aromatic heterocycles. The lowest BCUT2D eigenvalue weighted by Crippen LogP contribution is -2.41. The number of nitrogens with zero attached hydrogens (tertiary/aromatic N) is 2. The molecule has 0 aromatic carbocycles. The van der Waals surface area contributed by atoms with Gasteiger partial charge in [0.2, 0.25) is 0 Å². The van der Waals surface area contributed by atoms with Crippen LogP contribution < -0.4 is 10.6 Å². The molecule has 0 bridgehead atoms. The second kappa shape index (κ2) is 6.08. The standard InChI is InChI=1S/C12H16N4O4S/c1-6-8(9(13-3)21-15-6)11(18)20-7(2)10(17)16-5-4-14-12(16)19/h7,13H,4-5H2,1-3H3,(H,14,19). The molecule has 3 amide bonds. The number of carbonyl (C=O) groups is 3. The first-order valence-electron chi connectivity index (χ1n) is 6.40. The van der Waals surface area contributed by atoms with E-state index in [-0.39, 0.29) is 6.54 Å². The molecule has 1 atom stereocenters. The van der Waals surface area contributed by atoms with Crippen molar-refractivity contribution in [1.29, 1.82) is 0 Å². The maximum Gasteiger partial charge on any atom is 0.343 e. The van der Waals surface area contributed by atoms with Gasteiger partial charge in [0.25, 0.3) is 5.91 Å². The highest BCUT2D eigenvalue weighted by Gasteiger charge is 2.32. The second-order valence-electron chi connectivity index (χ2n) is 4.49. The van der Waals surface area contributed by atoms with Crippen LogP contribution in [0.15, 0.2) is 0 Å². The molecule has 0 aliphatic carbocycles. The number of hydrogen-bond acceptors (Lipinski definition) is 7. The van der Waals surface area contributed by atoms with Gasteiger partial charge >= 0.3 is 12.0 Å². The zero-order chi connectivity index (χ0) is 15.6. The molecule has 1 fully saturated rings. The van der Waals surface area contributed by atoms with Crippen molar-refractivity contribution in [3.05, 3.63) is 11.3 Å². The number of amides is 3. The number of esters is 1. The second-order valence-corrected chi connectivity index (χ2v) is 5.26. The van der Waals surface area contributed by atoms with Gasteiger partial charge in [-0.1, -0.05) is 0 Å². The third-order valence-electron chi connectivity index (χ3n) is 3.05. The Balaban J connectivity index is 2.06. The van der Waals surface area contributed by atoms with Gasteiger partial charge in [-0.25, -0.2) is 9.59 Å². The molecular weight excluding hydrogens is 296 g/mol. The summed E-state index contributed by atoms with van der Waals surface area (Å²) in [5.74, 6) is -1.17. The molecule has 1 aromatic rings. The average Bonchev–Trinajstić information content (AvgIpc) is 3.03. The van der Waals surface area contributed by atoms with E-state index in [1.165, 1.54) is 6.92 Å². The molecule has 2 heterocycles. The van der Waals surface area contributed by atoms with E-state index in [1.807, 2.05) is 0 Å². The Hall–Kier alpha value is -2.16. The molecule has 1 saturated heterocycles. The summed E-state index contributed by atoms with van der Waals surface area (Å²) in [5.41, 5.74) is 0.848. The number of anilines is 1. The van der Waals surface area contributed by atoms with Gasteiger partial charge in [0, 0.05) is 20.1 Å². The largest absolute Gasteiger partial charge is 0.449 e. The Kier molecular flexibility index (Phi) is 4.41. The van der Waals surface area contributed by atoms with Gasteiger partial charge in [0.15, 0.2) is 6.10 Å². The monoisotopic (exact) mass is 312 g/mol. The van der Waals surface area contributed by atoms with Crippen LogP contribution in [0, 0.1) is 6.92 Å². The number of nitrogens with one attached hydrogen (secondary N) is 2. The number of aromatic nitrogens is 1. The minimum Gasteiger partial charge on any atom is -0.449 e. The highest BCUT2D eigenvalue weighted by molar-refractivity contribution is 7.10. The van der Waals surface area contributed by atoms with E-state index < -0.39 is 24.0 Å². The highest BCUT2D eigenvalue weighted by Crippen LogP contribution is 2.25. The van der Waals surface area contributed by atoms with Crippen LogP contribution in [0.2, 0.25) is 0 Å². The third kappa shape index (κ3) is 2.97. The van der Waals surface area contributed by atoms with Gasteiger partial charge < -0.3 is 15.4 Å². The minimum atomic E-state index is -1.04. The molecule has 114 valence electrons. The molecule has 0 radical (unpaired) electrons. The summed E-state index contributed by atoms with van der Waals surface area (Å²) < 4.78 is 9.23. The summed E-state index contributed by atoms with van der Waals surface area (Å²) in [7, 11) is 1.67. The van der Waals surface area contributed by atoms with Crippen LogP contribution in [0.3, 0.4) is 0 Å². The fourth-order valence-corrected chi connectivity index (χ4v) is 2.69. The van der Waals surface area contributed by atoms with E-state index in [4.69, 9.17) is 4.74 Å². The molecule has 2 rings (SSSR count). The summed E-state index contributed by atoms with van der Waals surface area (Å²) in [6.45, 7) is 3.82. The lowest BCUT2D eigenvalue weighted by atomic mass is 10.2. The number of imide groups is 1. The van der Waals surface area contributed by atoms with E-state index in [1.54, 1.807) is 14.0 Å². The summed E-state index contributed by atoms with van der Waals surface area (Å²) in [6, 6.07) is -0.466. The van der Waals surface area contributed by atoms with Gasteiger partial charge in [-0.3, -0.25) is 9.69 Å². The quantitative estimate of drug-likeness (QED) is 0.789. The molecule has 1 unspecified atom stereocenters. The summed E-state index contributed by atoms with van der Waals surface area (Å²) in [6.07, 6.45) is -1.04. The molecule has 0 saturated carbocycles. The van der Waals surface area contributed by atoms with Gasteiger partial charge in [-0.15, -0.1) is 0 Å². The smallest absolute Gasteiger partial charge is 0.343 e. The van der Waals surface area contributed by atoms with E-state index in [0.29, 0.717) is 22.8 Å². The Morgan fingerprint density at radius 2 is 2.24 bits per heavy atom. The van der Waals surface area contributed by atoms with Crippen molar-refractivity contribution < 1.29 is 19.1 Å². The minimum absolute atomic E-state index is 0.278. The first-order chi connectivity index (χ1) is 9.95. The maximum absolute atomic E-state index is 12.2. The normalized spacial score (nSPS) is 15.6. The van der Waals surface area contributed by atoms with Crippen LogP contribution in [-0.2, 0) is 9.53 Å². The Bertz CT molecular complexity index is 586. The molecule has 9 heteroatoms. The van der Waals surface area contributed by atoms with Crippen molar-refractivity contribution in [2.45, 2.75) is 20.0 Å². The number of urea groups is 1. The van der Waals surface area contributed by atoms with Crippen LogP contribution in [0.1, 0.15) is 23.0 Å². The zero-order valence-corrected chi connectivity index (χ0v) is 12.7. The number of rotatable bonds is 4. The first-order valence-corrected chi connectivity index (χ1v) is 7.17. The van der Waals surface area contributed by atoms with Crippen LogP contribution in [0.4, 0.5) is 9.80 Å². The lowest BCUT2D eigenvalue weighted by Gasteiger charge is -2.18. The Morgan fingerprint density at radius 1 is 1.52 bits per heavy atom. The van der Waals surface area contributed by atoms with E-state index in [9.17, 15) is 14.4 Å². The Labute approximate surface area is 125 Å². The number of hydrogen-bond donors (Lipinski definition) is 2. The van der Waals surface area contributed by atoms with E-state index >= 15 is 0 Å². The fourth-order valence-electron chi connectivity index (χ4n) is 1.95. The molecule has 1 aliphatic rings. The fraction of sp³-hybridized carbons (Fsp3) is 0.500. The zero-order valence-electron chi connectivity index (χ0n) is 11.9. The molecule has 8 nitrogen and oxygen atoms in total. The SMILES string of the molecule is CNc1snc(C)c1C(=O)OC(C)C(=O)N1CCNC1=O.